The number of hydrogen-bond donors (Lipinski definition) is 2. The maximum Gasteiger partial charge on any atom is 0.261 e. The summed E-state index contributed by atoms with van der Waals surface area (Å²) in [6.07, 6.45) is 0.969. The lowest BCUT2D eigenvalue weighted by molar-refractivity contribution is -0.114. The van der Waals surface area contributed by atoms with Crippen LogP contribution >= 0.6 is 23.2 Å². The molecule has 0 heterocycles. The third-order valence-corrected chi connectivity index (χ3v) is 7.45. The summed E-state index contributed by atoms with van der Waals surface area (Å²) in [6.45, 7) is -0.513. The zero-order chi connectivity index (χ0) is 24.2. The van der Waals surface area contributed by atoms with Crippen LogP contribution in [0.15, 0.2) is 77.7 Å². The van der Waals surface area contributed by atoms with E-state index in [1.807, 2.05) is 0 Å². The minimum Gasteiger partial charge on any atom is -0.325 e. The van der Waals surface area contributed by atoms with E-state index in [4.69, 9.17) is 23.2 Å². The van der Waals surface area contributed by atoms with Gasteiger partial charge < -0.3 is 5.32 Å². The number of hydrogen-bond acceptors (Lipinski definition) is 5. The van der Waals surface area contributed by atoms with Crippen molar-refractivity contribution in [3.63, 3.8) is 0 Å². The number of carbonyl (C=O) groups excluding carboxylic acids is 1. The van der Waals surface area contributed by atoms with E-state index in [1.165, 1.54) is 48.5 Å². The first kappa shape index (κ1) is 24.8. The Kier molecular flexibility index (Phi) is 7.53. The second-order valence-electron chi connectivity index (χ2n) is 6.91. The smallest absolute Gasteiger partial charge is 0.261 e. The largest absolute Gasteiger partial charge is 0.325 e. The van der Waals surface area contributed by atoms with Gasteiger partial charge in [0, 0.05) is 16.4 Å². The Morgan fingerprint density at radius 2 is 1.42 bits per heavy atom. The molecule has 0 aromatic heterocycles. The highest BCUT2D eigenvalue weighted by molar-refractivity contribution is 7.92. The van der Waals surface area contributed by atoms with Crippen molar-refractivity contribution in [1.82, 2.24) is 0 Å². The zero-order valence-corrected chi connectivity index (χ0v) is 20.3. The number of amides is 1. The maximum atomic E-state index is 12.5. The normalized spacial score (nSPS) is 11.6. The predicted molar refractivity (Wildman–Crippen MR) is 131 cm³/mol. The van der Waals surface area contributed by atoms with Crippen LogP contribution in [-0.2, 0) is 24.8 Å². The molecule has 8 nitrogen and oxygen atoms in total. The van der Waals surface area contributed by atoms with Crippen molar-refractivity contribution in [2.75, 3.05) is 27.1 Å². The molecule has 0 atom stereocenters. The highest BCUT2D eigenvalue weighted by Gasteiger charge is 2.23. The molecule has 0 aliphatic carbocycles. The van der Waals surface area contributed by atoms with Crippen LogP contribution in [0.2, 0.25) is 10.0 Å². The van der Waals surface area contributed by atoms with Crippen LogP contribution in [0.5, 0.6) is 0 Å². The summed E-state index contributed by atoms with van der Waals surface area (Å²) in [5, 5.41) is 3.20. The molecule has 3 rings (SSSR count). The molecule has 12 heteroatoms. The molecule has 0 saturated carbocycles. The fraction of sp³-hybridized carbons (Fsp3) is 0.0952. The SMILES string of the molecule is CS(=O)(=O)N(CC(=O)Nc1ccc(S(=O)(=O)Nc2ccc(Cl)cc2)cc1)c1ccccc1Cl. The summed E-state index contributed by atoms with van der Waals surface area (Å²) in [5.74, 6) is -0.629. The van der Waals surface area contributed by atoms with Crippen LogP contribution in [0.1, 0.15) is 0 Å². The molecule has 0 unspecified atom stereocenters. The molecule has 1 amide bonds. The first-order valence-corrected chi connectivity index (χ1v) is 13.4. The Morgan fingerprint density at radius 1 is 0.848 bits per heavy atom. The maximum absolute atomic E-state index is 12.5. The van der Waals surface area contributed by atoms with Crippen LogP contribution in [0.25, 0.3) is 0 Å². The van der Waals surface area contributed by atoms with Gasteiger partial charge in [-0.1, -0.05) is 35.3 Å². The first-order valence-electron chi connectivity index (χ1n) is 9.36. The van der Waals surface area contributed by atoms with E-state index in [0.717, 1.165) is 10.6 Å². The number of nitrogens with zero attached hydrogens (tertiary/aromatic N) is 1. The highest BCUT2D eigenvalue weighted by atomic mass is 35.5. The Labute approximate surface area is 202 Å². The predicted octanol–water partition coefficient (Wildman–Crippen LogP) is 4.20. The second kappa shape index (κ2) is 10.0. The Balaban J connectivity index is 1.71. The summed E-state index contributed by atoms with van der Waals surface area (Å²) < 4.78 is 52.8. The average molecular weight is 528 g/mol. The van der Waals surface area contributed by atoms with Crippen molar-refractivity contribution in [2.45, 2.75) is 4.90 Å². The van der Waals surface area contributed by atoms with Gasteiger partial charge in [0.1, 0.15) is 6.54 Å². The van der Waals surface area contributed by atoms with Crippen LogP contribution < -0.4 is 14.3 Å². The Hall–Kier alpha value is -2.79. The fourth-order valence-corrected chi connectivity index (χ4v) is 5.16. The van der Waals surface area contributed by atoms with Crippen LogP contribution in [0.4, 0.5) is 17.1 Å². The number of para-hydroxylation sites is 1. The van der Waals surface area contributed by atoms with Gasteiger partial charge in [0.15, 0.2) is 0 Å². The van der Waals surface area contributed by atoms with Crippen molar-refractivity contribution in [3.8, 4) is 0 Å². The monoisotopic (exact) mass is 527 g/mol. The van der Waals surface area contributed by atoms with Gasteiger partial charge in [0.2, 0.25) is 15.9 Å². The standard InChI is InChI=1S/C21H19Cl2N3O5S2/c1-32(28,29)26(20-5-3-2-4-19(20)23)14-21(27)24-16-10-12-18(13-11-16)33(30,31)25-17-8-6-15(22)7-9-17/h2-13,25H,14H2,1H3,(H,24,27). The summed E-state index contributed by atoms with van der Waals surface area (Å²) in [7, 11) is -7.65. The van der Waals surface area contributed by atoms with Gasteiger partial charge in [-0.05, 0) is 60.7 Å². The van der Waals surface area contributed by atoms with E-state index in [9.17, 15) is 21.6 Å². The van der Waals surface area contributed by atoms with Crippen LogP contribution in [-0.4, -0.2) is 35.5 Å². The minimum atomic E-state index is -3.86. The lowest BCUT2D eigenvalue weighted by Gasteiger charge is -2.22. The molecule has 0 radical (unpaired) electrons. The van der Waals surface area contributed by atoms with E-state index in [2.05, 4.69) is 10.0 Å². The number of sulfonamides is 2. The lowest BCUT2D eigenvalue weighted by Crippen LogP contribution is -2.37. The van der Waals surface area contributed by atoms with Crippen LogP contribution in [0, 0.1) is 0 Å². The summed E-state index contributed by atoms with van der Waals surface area (Å²) in [4.78, 5) is 12.5. The van der Waals surface area contributed by atoms with Crippen molar-refractivity contribution < 1.29 is 21.6 Å². The van der Waals surface area contributed by atoms with Crippen LogP contribution in [0.3, 0.4) is 0 Å². The summed E-state index contributed by atoms with van der Waals surface area (Å²) in [6, 6.07) is 17.9. The van der Waals surface area contributed by atoms with E-state index >= 15 is 0 Å². The fourth-order valence-electron chi connectivity index (χ4n) is 2.82. The van der Waals surface area contributed by atoms with E-state index in [-0.39, 0.29) is 21.3 Å². The molecule has 0 fully saturated rings. The van der Waals surface area contributed by atoms with Crippen molar-refractivity contribution in [3.05, 3.63) is 82.8 Å². The molecule has 174 valence electrons. The van der Waals surface area contributed by atoms with Crippen molar-refractivity contribution in [1.29, 1.82) is 0 Å². The number of nitrogens with one attached hydrogen (secondary N) is 2. The Bertz CT molecular complexity index is 1360. The van der Waals surface area contributed by atoms with Gasteiger partial charge in [-0.3, -0.25) is 13.8 Å². The molecular formula is C21H19Cl2N3O5S2. The highest BCUT2D eigenvalue weighted by Crippen LogP contribution is 2.27. The minimum absolute atomic E-state index is 0.0238. The van der Waals surface area contributed by atoms with Crippen molar-refractivity contribution >= 4 is 66.2 Å². The molecule has 3 aromatic carbocycles. The van der Waals surface area contributed by atoms with E-state index in [1.54, 1.807) is 24.3 Å². The van der Waals surface area contributed by atoms with Gasteiger partial charge >= 0.3 is 0 Å². The summed E-state index contributed by atoms with van der Waals surface area (Å²) >= 11 is 11.9. The van der Waals surface area contributed by atoms with E-state index in [0.29, 0.717) is 10.7 Å². The van der Waals surface area contributed by atoms with Crippen molar-refractivity contribution in [2.24, 2.45) is 0 Å². The van der Waals surface area contributed by atoms with Gasteiger partial charge in [-0.15, -0.1) is 0 Å². The molecular weight excluding hydrogens is 509 g/mol. The molecule has 0 bridgehead atoms. The summed E-state index contributed by atoms with van der Waals surface area (Å²) in [5.41, 5.74) is 0.807. The Morgan fingerprint density at radius 3 is 2.00 bits per heavy atom. The number of benzene rings is 3. The van der Waals surface area contributed by atoms with Gasteiger partial charge in [-0.2, -0.15) is 0 Å². The molecule has 0 aliphatic heterocycles. The molecule has 0 aliphatic rings. The third-order valence-electron chi connectivity index (χ3n) is 4.35. The van der Waals surface area contributed by atoms with Gasteiger partial charge in [0.25, 0.3) is 10.0 Å². The van der Waals surface area contributed by atoms with Gasteiger partial charge in [-0.25, -0.2) is 16.8 Å². The average Bonchev–Trinajstić information content (AvgIpc) is 2.74. The molecule has 33 heavy (non-hydrogen) atoms. The van der Waals surface area contributed by atoms with E-state index < -0.39 is 32.5 Å². The number of anilines is 3. The molecule has 2 N–H and O–H groups in total. The third kappa shape index (κ3) is 6.61. The zero-order valence-electron chi connectivity index (χ0n) is 17.2. The topological polar surface area (TPSA) is 113 Å². The first-order chi connectivity index (χ1) is 15.5. The number of carbonyl (C=O) groups is 1. The van der Waals surface area contributed by atoms with Gasteiger partial charge in [0.05, 0.1) is 21.9 Å². The number of rotatable bonds is 8. The molecule has 0 saturated heterocycles. The molecule has 0 spiro atoms. The lowest BCUT2D eigenvalue weighted by atomic mass is 10.3. The quantitative estimate of drug-likeness (QED) is 0.455. The number of halogens is 2. The molecule has 3 aromatic rings. The second-order valence-corrected chi connectivity index (χ2v) is 11.3.